The van der Waals surface area contributed by atoms with Crippen molar-refractivity contribution in [2.45, 2.75) is 6.61 Å². The molecule has 1 aromatic carbocycles. The van der Waals surface area contributed by atoms with E-state index in [0.29, 0.717) is 11.8 Å². The molecule has 1 aromatic heterocycles. The van der Waals surface area contributed by atoms with Crippen LogP contribution in [0, 0.1) is 0 Å². The fourth-order valence-electron chi connectivity index (χ4n) is 1.27. The lowest BCUT2D eigenvalue weighted by Crippen LogP contribution is -2.21. The van der Waals surface area contributed by atoms with E-state index in [1.165, 1.54) is 0 Å². The zero-order valence-corrected chi connectivity index (χ0v) is 9.48. The second-order valence-corrected chi connectivity index (χ2v) is 3.63. The lowest BCUT2D eigenvalue weighted by Gasteiger charge is -2.10. The van der Waals surface area contributed by atoms with Crippen LogP contribution in [0.25, 0.3) is 0 Å². The van der Waals surface area contributed by atoms with Gasteiger partial charge in [0.1, 0.15) is 6.61 Å². The molecule has 1 heterocycles. The summed E-state index contributed by atoms with van der Waals surface area (Å²) in [7, 11) is 0. The van der Waals surface area contributed by atoms with Gasteiger partial charge >= 0.3 is 0 Å². The lowest BCUT2D eigenvalue weighted by molar-refractivity contribution is 0.297. The van der Waals surface area contributed by atoms with Crippen LogP contribution >= 0.6 is 12.2 Å². The molecule has 2 aromatic rings. The van der Waals surface area contributed by atoms with E-state index in [4.69, 9.17) is 17.0 Å². The van der Waals surface area contributed by atoms with E-state index in [2.05, 4.69) is 5.43 Å². The van der Waals surface area contributed by atoms with E-state index in [0.717, 1.165) is 5.56 Å². The van der Waals surface area contributed by atoms with Crippen molar-refractivity contribution in [3.05, 3.63) is 60.4 Å². The summed E-state index contributed by atoms with van der Waals surface area (Å²) in [5.41, 5.74) is 4.01. The van der Waals surface area contributed by atoms with Gasteiger partial charge in [0.25, 0.3) is 5.17 Å². The quantitative estimate of drug-likeness (QED) is 0.824. The van der Waals surface area contributed by atoms with Gasteiger partial charge in [0.05, 0.1) is 0 Å². The van der Waals surface area contributed by atoms with Gasteiger partial charge in [-0.1, -0.05) is 30.3 Å². The molecule has 0 unspecified atom stereocenters. The van der Waals surface area contributed by atoms with Crippen LogP contribution in [0.3, 0.4) is 0 Å². The van der Waals surface area contributed by atoms with Crippen LogP contribution in [0.15, 0.2) is 54.9 Å². The maximum absolute atomic E-state index is 5.40. The molecule has 0 aliphatic rings. The largest absolute Gasteiger partial charge is 0.465 e. The molecule has 0 saturated heterocycles. The van der Waals surface area contributed by atoms with Crippen molar-refractivity contribution >= 4 is 17.4 Å². The summed E-state index contributed by atoms with van der Waals surface area (Å²) in [6, 6.07) is 13.7. The second kappa shape index (κ2) is 5.32. The molecule has 0 fully saturated rings. The Kier molecular flexibility index (Phi) is 3.56. The molecule has 4 heteroatoms. The Labute approximate surface area is 99.6 Å². The third-order valence-corrected chi connectivity index (χ3v) is 2.25. The molecule has 3 nitrogen and oxygen atoms in total. The number of rotatable bonds is 3. The molecule has 0 aliphatic carbocycles. The summed E-state index contributed by atoms with van der Waals surface area (Å²) in [6.07, 6.45) is 3.72. The van der Waals surface area contributed by atoms with Gasteiger partial charge in [-0.05, 0) is 29.9 Å². The molecule has 0 bridgehead atoms. The zero-order valence-electron chi connectivity index (χ0n) is 8.67. The van der Waals surface area contributed by atoms with Crippen LogP contribution in [0.5, 0.6) is 0 Å². The van der Waals surface area contributed by atoms with Crippen molar-refractivity contribution in [3.8, 4) is 0 Å². The number of benzene rings is 1. The standard InChI is InChI=1S/C12H12N2OS/c16-12(13-14-8-4-5-9-14)15-10-11-6-2-1-3-7-11/h1-9H,10H2,(H,13,16). The van der Waals surface area contributed by atoms with Crippen molar-refractivity contribution < 1.29 is 4.74 Å². The lowest BCUT2D eigenvalue weighted by atomic mass is 10.2. The Morgan fingerprint density at radius 3 is 2.50 bits per heavy atom. The number of ether oxygens (including phenoxy) is 1. The monoisotopic (exact) mass is 232 g/mol. The average Bonchev–Trinajstić information content (AvgIpc) is 2.81. The minimum atomic E-state index is 0.361. The van der Waals surface area contributed by atoms with Gasteiger partial charge in [-0.25, -0.2) is 0 Å². The number of hydrogen-bond acceptors (Lipinski definition) is 2. The van der Waals surface area contributed by atoms with Crippen molar-refractivity contribution in [2.24, 2.45) is 0 Å². The Bertz CT molecular complexity index is 439. The van der Waals surface area contributed by atoms with Gasteiger partial charge in [-0.15, -0.1) is 0 Å². The van der Waals surface area contributed by atoms with Crippen LogP contribution in [-0.4, -0.2) is 9.85 Å². The molecule has 0 atom stereocenters. The number of thiocarbonyl (C=S) groups is 1. The van der Waals surface area contributed by atoms with E-state index < -0.39 is 0 Å². The van der Waals surface area contributed by atoms with Crippen LogP contribution < -0.4 is 5.43 Å². The summed E-state index contributed by atoms with van der Waals surface area (Å²) in [6.45, 7) is 0.480. The number of hydrogen-bond donors (Lipinski definition) is 1. The molecule has 0 amide bonds. The van der Waals surface area contributed by atoms with E-state index in [9.17, 15) is 0 Å². The fourth-order valence-corrected chi connectivity index (χ4v) is 1.43. The topological polar surface area (TPSA) is 26.2 Å². The van der Waals surface area contributed by atoms with Gasteiger partial charge in [0.2, 0.25) is 0 Å². The Morgan fingerprint density at radius 2 is 1.81 bits per heavy atom. The number of nitrogens with zero attached hydrogens (tertiary/aromatic N) is 1. The van der Waals surface area contributed by atoms with Gasteiger partial charge in [0.15, 0.2) is 0 Å². The summed E-state index contributed by atoms with van der Waals surface area (Å²) < 4.78 is 7.14. The van der Waals surface area contributed by atoms with Gasteiger partial charge in [0, 0.05) is 12.4 Å². The number of nitrogens with one attached hydrogen (secondary N) is 1. The van der Waals surface area contributed by atoms with Crippen molar-refractivity contribution in [2.75, 3.05) is 5.43 Å². The first-order valence-electron chi connectivity index (χ1n) is 4.95. The minimum absolute atomic E-state index is 0.361. The summed E-state index contributed by atoms with van der Waals surface area (Å²) >= 11 is 5.05. The Hall–Kier alpha value is -1.81. The van der Waals surface area contributed by atoms with Gasteiger partial charge in [-0.3, -0.25) is 10.1 Å². The predicted octanol–water partition coefficient (Wildman–Crippen LogP) is 2.53. The van der Waals surface area contributed by atoms with Gasteiger partial charge < -0.3 is 4.74 Å². The first-order valence-corrected chi connectivity index (χ1v) is 5.36. The normalized spacial score (nSPS) is 9.75. The molecule has 0 spiro atoms. The highest BCUT2D eigenvalue weighted by atomic mass is 32.1. The maximum Gasteiger partial charge on any atom is 0.276 e. The van der Waals surface area contributed by atoms with Crippen molar-refractivity contribution in [1.29, 1.82) is 0 Å². The van der Waals surface area contributed by atoms with Crippen molar-refractivity contribution in [1.82, 2.24) is 4.68 Å². The first kappa shape index (κ1) is 10.7. The molecule has 0 saturated carbocycles. The average molecular weight is 232 g/mol. The van der Waals surface area contributed by atoms with Crippen molar-refractivity contribution in [3.63, 3.8) is 0 Å². The number of aromatic nitrogens is 1. The summed E-state index contributed by atoms with van der Waals surface area (Å²) in [5, 5.41) is 0.361. The molecular weight excluding hydrogens is 220 g/mol. The predicted molar refractivity (Wildman–Crippen MR) is 67.6 cm³/mol. The molecule has 16 heavy (non-hydrogen) atoms. The molecule has 0 aliphatic heterocycles. The highest BCUT2D eigenvalue weighted by Crippen LogP contribution is 2.00. The second-order valence-electron chi connectivity index (χ2n) is 3.26. The third kappa shape index (κ3) is 3.10. The highest BCUT2D eigenvalue weighted by molar-refractivity contribution is 7.80. The maximum atomic E-state index is 5.40. The highest BCUT2D eigenvalue weighted by Gasteiger charge is 1.97. The van der Waals surface area contributed by atoms with Crippen LogP contribution in [0.4, 0.5) is 0 Å². The molecule has 0 radical (unpaired) electrons. The Morgan fingerprint density at radius 1 is 1.12 bits per heavy atom. The van der Waals surface area contributed by atoms with Gasteiger partial charge in [-0.2, -0.15) is 0 Å². The third-order valence-electron chi connectivity index (χ3n) is 2.04. The Balaban J connectivity index is 1.80. The van der Waals surface area contributed by atoms with E-state index >= 15 is 0 Å². The SMILES string of the molecule is S=C(Nn1cccc1)OCc1ccccc1. The minimum Gasteiger partial charge on any atom is -0.465 e. The summed E-state index contributed by atoms with van der Waals surface area (Å²) in [5.74, 6) is 0. The molecule has 1 N–H and O–H groups in total. The van der Waals surface area contributed by atoms with E-state index in [-0.39, 0.29) is 0 Å². The summed E-state index contributed by atoms with van der Waals surface area (Å²) in [4.78, 5) is 0. The van der Waals surface area contributed by atoms with Crippen LogP contribution in [0.1, 0.15) is 5.56 Å². The molecular formula is C12H12N2OS. The molecule has 2 rings (SSSR count). The first-order chi connectivity index (χ1) is 7.84. The van der Waals surface area contributed by atoms with E-state index in [1.54, 1.807) is 4.68 Å². The van der Waals surface area contributed by atoms with Crippen LogP contribution in [-0.2, 0) is 11.3 Å². The fraction of sp³-hybridized carbons (Fsp3) is 0.0833. The smallest absolute Gasteiger partial charge is 0.276 e. The van der Waals surface area contributed by atoms with Crippen LogP contribution in [0.2, 0.25) is 0 Å². The molecule has 82 valence electrons. The van der Waals surface area contributed by atoms with E-state index in [1.807, 2.05) is 54.9 Å². The zero-order chi connectivity index (χ0) is 11.2.